The van der Waals surface area contributed by atoms with Crippen LogP contribution >= 0.6 is 0 Å². The Labute approximate surface area is 138 Å². The average molecular weight is 338 g/mol. The van der Waals surface area contributed by atoms with Gasteiger partial charge in [0.15, 0.2) is 9.84 Å². The summed E-state index contributed by atoms with van der Waals surface area (Å²) in [5, 5.41) is 5.70. The fraction of sp³-hybridized carbons (Fsp3) is 0.588. The Kier molecular flexibility index (Phi) is 6.04. The lowest BCUT2D eigenvalue weighted by Gasteiger charge is -2.25. The molecule has 0 radical (unpaired) electrons. The van der Waals surface area contributed by atoms with Gasteiger partial charge in [-0.2, -0.15) is 0 Å². The van der Waals surface area contributed by atoms with Crippen LogP contribution in [0.25, 0.3) is 0 Å². The summed E-state index contributed by atoms with van der Waals surface area (Å²) in [5.41, 5.74) is 0.583. The van der Waals surface area contributed by atoms with Crippen molar-refractivity contribution in [2.24, 2.45) is 5.92 Å². The molecular weight excluding hydrogens is 312 g/mol. The molecule has 2 amide bonds. The maximum atomic E-state index is 12.0. The number of urea groups is 1. The van der Waals surface area contributed by atoms with Crippen LogP contribution in [0.4, 0.5) is 10.5 Å². The number of carbonyl (C=O) groups excluding carboxylic acids is 1. The van der Waals surface area contributed by atoms with Crippen molar-refractivity contribution in [1.82, 2.24) is 5.32 Å². The molecule has 1 aliphatic carbocycles. The molecule has 0 heterocycles. The molecule has 0 bridgehead atoms. The van der Waals surface area contributed by atoms with Gasteiger partial charge in [-0.15, -0.1) is 0 Å². The molecule has 1 aromatic rings. The van der Waals surface area contributed by atoms with E-state index in [0.717, 1.165) is 12.7 Å². The molecule has 0 spiro atoms. The van der Waals surface area contributed by atoms with Crippen LogP contribution < -0.4 is 10.6 Å². The number of carbonyl (C=O) groups is 1. The summed E-state index contributed by atoms with van der Waals surface area (Å²) in [5.74, 6) is 0.716. The SMILES string of the molecule is C[C@H](CC1CCCCC1)NC(=O)Nc1ccc(S(C)(=O)=O)cc1. The molecule has 2 N–H and O–H groups in total. The number of hydrogen-bond donors (Lipinski definition) is 2. The smallest absolute Gasteiger partial charge is 0.319 e. The Morgan fingerprint density at radius 3 is 2.35 bits per heavy atom. The topological polar surface area (TPSA) is 75.3 Å². The normalized spacial score (nSPS) is 17.5. The lowest BCUT2D eigenvalue weighted by atomic mass is 9.85. The van der Waals surface area contributed by atoms with Gasteiger partial charge in [-0.25, -0.2) is 13.2 Å². The summed E-state index contributed by atoms with van der Waals surface area (Å²) >= 11 is 0. The maximum absolute atomic E-state index is 12.0. The molecule has 1 aliphatic rings. The lowest BCUT2D eigenvalue weighted by molar-refractivity contribution is 0.244. The van der Waals surface area contributed by atoms with Gasteiger partial charge in [0, 0.05) is 18.0 Å². The quantitative estimate of drug-likeness (QED) is 0.862. The maximum Gasteiger partial charge on any atom is 0.319 e. The van der Waals surface area contributed by atoms with Gasteiger partial charge in [0.25, 0.3) is 0 Å². The Bertz CT molecular complexity index is 620. The first-order chi connectivity index (χ1) is 10.8. The third-order valence-electron chi connectivity index (χ3n) is 4.33. The van der Waals surface area contributed by atoms with Gasteiger partial charge in [-0.1, -0.05) is 32.1 Å². The number of benzene rings is 1. The Hall–Kier alpha value is -1.56. The minimum Gasteiger partial charge on any atom is -0.335 e. The van der Waals surface area contributed by atoms with Crippen LogP contribution in [0.2, 0.25) is 0 Å². The zero-order valence-corrected chi connectivity index (χ0v) is 14.7. The van der Waals surface area contributed by atoms with Gasteiger partial charge < -0.3 is 10.6 Å². The number of amides is 2. The molecule has 1 fully saturated rings. The number of nitrogens with one attached hydrogen (secondary N) is 2. The third kappa shape index (κ3) is 5.86. The second-order valence-corrected chi connectivity index (χ2v) is 8.55. The van der Waals surface area contributed by atoms with E-state index in [0.29, 0.717) is 11.6 Å². The van der Waals surface area contributed by atoms with Crippen LogP contribution in [0.1, 0.15) is 45.4 Å². The van der Waals surface area contributed by atoms with E-state index in [1.807, 2.05) is 6.92 Å². The highest BCUT2D eigenvalue weighted by molar-refractivity contribution is 7.90. The van der Waals surface area contributed by atoms with E-state index < -0.39 is 9.84 Å². The van der Waals surface area contributed by atoms with Crippen molar-refractivity contribution in [3.05, 3.63) is 24.3 Å². The van der Waals surface area contributed by atoms with Gasteiger partial charge in [0.05, 0.1) is 4.90 Å². The summed E-state index contributed by atoms with van der Waals surface area (Å²) < 4.78 is 22.8. The van der Waals surface area contributed by atoms with Gasteiger partial charge in [0.1, 0.15) is 0 Å². The first-order valence-electron chi connectivity index (χ1n) is 8.22. The first kappa shape index (κ1) is 17.8. The van der Waals surface area contributed by atoms with E-state index in [1.54, 1.807) is 12.1 Å². The van der Waals surface area contributed by atoms with E-state index in [4.69, 9.17) is 0 Å². The van der Waals surface area contributed by atoms with Crippen molar-refractivity contribution in [1.29, 1.82) is 0 Å². The fourth-order valence-corrected chi connectivity index (χ4v) is 3.79. The van der Waals surface area contributed by atoms with E-state index in [1.165, 1.54) is 44.2 Å². The molecule has 128 valence electrons. The Morgan fingerprint density at radius 1 is 1.17 bits per heavy atom. The van der Waals surface area contributed by atoms with Crippen molar-refractivity contribution in [3.63, 3.8) is 0 Å². The zero-order chi connectivity index (χ0) is 16.9. The lowest BCUT2D eigenvalue weighted by Crippen LogP contribution is -2.37. The minimum absolute atomic E-state index is 0.133. The van der Waals surface area contributed by atoms with Crippen molar-refractivity contribution in [3.8, 4) is 0 Å². The third-order valence-corrected chi connectivity index (χ3v) is 5.46. The minimum atomic E-state index is -3.21. The second-order valence-electron chi connectivity index (χ2n) is 6.54. The van der Waals surface area contributed by atoms with Crippen molar-refractivity contribution in [2.75, 3.05) is 11.6 Å². The number of anilines is 1. The fourth-order valence-electron chi connectivity index (χ4n) is 3.16. The second kappa shape index (κ2) is 7.81. The van der Waals surface area contributed by atoms with Gasteiger partial charge >= 0.3 is 6.03 Å². The van der Waals surface area contributed by atoms with E-state index >= 15 is 0 Å². The first-order valence-corrected chi connectivity index (χ1v) is 10.1. The molecule has 5 nitrogen and oxygen atoms in total. The number of hydrogen-bond acceptors (Lipinski definition) is 3. The van der Waals surface area contributed by atoms with Crippen molar-refractivity contribution in [2.45, 2.75) is 56.4 Å². The van der Waals surface area contributed by atoms with Crippen molar-refractivity contribution >= 4 is 21.6 Å². The molecule has 0 aliphatic heterocycles. The predicted molar refractivity (Wildman–Crippen MR) is 92.4 cm³/mol. The van der Waals surface area contributed by atoms with Gasteiger partial charge in [-0.05, 0) is 43.5 Å². The van der Waals surface area contributed by atoms with E-state index in [-0.39, 0.29) is 17.0 Å². The van der Waals surface area contributed by atoms with Crippen LogP contribution in [-0.2, 0) is 9.84 Å². The molecule has 1 atom stereocenters. The monoisotopic (exact) mass is 338 g/mol. The Balaban J connectivity index is 1.81. The Morgan fingerprint density at radius 2 is 1.78 bits per heavy atom. The standard InChI is InChI=1S/C17H26N2O3S/c1-13(12-14-6-4-3-5-7-14)18-17(20)19-15-8-10-16(11-9-15)23(2,21)22/h8-11,13-14H,3-7,12H2,1-2H3,(H2,18,19,20)/t13-/m1/s1. The molecule has 1 saturated carbocycles. The highest BCUT2D eigenvalue weighted by Crippen LogP contribution is 2.27. The highest BCUT2D eigenvalue weighted by atomic mass is 32.2. The summed E-state index contributed by atoms with van der Waals surface area (Å²) in [6, 6.07) is 6.07. The average Bonchev–Trinajstić information content (AvgIpc) is 2.47. The van der Waals surface area contributed by atoms with Crippen molar-refractivity contribution < 1.29 is 13.2 Å². The summed E-state index contributed by atoms with van der Waals surface area (Å²) in [6.07, 6.45) is 8.64. The van der Waals surface area contributed by atoms with Gasteiger partial charge in [-0.3, -0.25) is 0 Å². The van der Waals surface area contributed by atoms with E-state index in [2.05, 4.69) is 10.6 Å². The molecule has 1 aromatic carbocycles. The van der Waals surface area contributed by atoms with E-state index in [9.17, 15) is 13.2 Å². The molecule has 0 saturated heterocycles. The summed E-state index contributed by atoms with van der Waals surface area (Å²) in [6.45, 7) is 2.03. The van der Waals surface area contributed by atoms with Crippen LogP contribution in [0.15, 0.2) is 29.2 Å². The van der Waals surface area contributed by atoms with Crippen LogP contribution in [-0.4, -0.2) is 26.7 Å². The largest absolute Gasteiger partial charge is 0.335 e. The summed E-state index contributed by atoms with van der Waals surface area (Å²) in [4.78, 5) is 12.3. The highest BCUT2D eigenvalue weighted by Gasteiger charge is 2.17. The molecule has 23 heavy (non-hydrogen) atoms. The molecular formula is C17H26N2O3S. The van der Waals surface area contributed by atoms with Crippen LogP contribution in [0.3, 0.4) is 0 Å². The number of sulfone groups is 1. The predicted octanol–water partition coefficient (Wildman–Crippen LogP) is 3.57. The van der Waals surface area contributed by atoms with Crippen LogP contribution in [0.5, 0.6) is 0 Å². The molecule has 6 heteroatoms. The number of rotatable bonds is 5. The summed E-state index contributed by atoms with van der Waals surface area (Å²) in [7, 11) is -3.21. The van der Waals surface area contributed by atoms with Crippen LogP contribution in [0, 0.1) is 5.92 Å². The molecule has 0 unspecified atom stereocenters. The zero-order valence-electron chi connectivity index (χ0n) is 13.8. The van der Waals surface area contributed by atoms with Gasteiger partial charge in [0.2, 0.25) is 0 Å². The molecule has 2 rings (SSSR count). The molecule has 0 aromatic heterocycles.